The van der Waals surface area contributed by atoms with Crippen molar-refractivity contribution in [2.45, 2.75) is 39.7 Å². The number of nitrogens with zero attached hydrogens (tertiary/aromatic N) is 2. The van der Waals surface area contributed by atoms with Crippen LogP contribution in [0.4, 0.5) is 5.69 Å². The van der Waals surface area contributed by atoms with Crippen LogP contribution >= 0.6 is 0 Å². The summed E-state index contributed by atoms with van der Waals surface area (Å²) in [7, 11) is 0. The van der Waals surface area contributed by atoms with E-state index in [9.17, 15) is 0 Å². The van der Waals surface area contributed by atoms with Gasteiger partial charge in [0.25, 0.3) is 0 Å². The molecule has 3 nitrogen and oxygen atoms in total. The van der Waals surface area contributed by atoms with Gasteiger partial charge in [-0.25, -0.2) is 0 Å². The van der Waals surface area contributed by atoms with Crippen LogP contribution in [0, 0.1) is 6.92 Å². The molecule has 0 atom stereocenters. The fourth-order valence-corrected chi connectivity index (χ4v) is 3.01. The van der Waals surface area contributed by atoms with Crippen LogP contribution in [-0.2, 0) is 12.0 Å². The molecule has 0 amide bonds. The van der Waals surface area contributed by atoms with Crippen molar-refractivity contribution in [2.24, 2.45) is 0 Å². The van der Waals surface area contributed by atoms with E-state index in [1.807, 2.05) is 0 Å². The fourth-order valence-electron chi connectivity index (χ4n) is 3.01. The van der Waals surface area contributed by atoms with Gasteiger partial charge in [0.1, 0.15) is 11.5 Å². The average Bonchev–Trinajstić information content (AvgIpc) is 2.98. The quantitative estimate of drug-likeness (QED) is 0.846. The van der Waals surface area contributed by atoms with Gasteiger partial charge in [0, 0.05) is 37.3 Å². The monoisotopic (exact) mass is 312 g/mol. The lowest BCUT2D eigenvalue weighted by Crippen LogP contribution is -2.45. The van der Waals surface area contributed by atoms with E-state index in [0.717, 1.165) is 44.2 Å². The molecule has 2 heterocycles. The summed E-state index contributed by atoms with van der Waals surface area (Å²) >= 11 is 0. The molecule has 124 valence electrons. The second-order valence-corrected chi connectivity index (χ2v) is 7.61. The predicted molar refractivity (Wildman–Crippen MR) is 96.1 cm³/mol. The van der Waals surface area contributed by atoms with Crippen LogP contribution in [0.1, 0.15) is 37.9 Å². The second kappa shape index (κ2) is 6.40. The lowest BCUT2D eigenvalue weighted by molar-refractivity contribution is 0.225. The minimum atomic E-state index is 0.0857. The van der Waals surface area contributed by atoms with Gasteiger partial charge >= 0.3 is 0 Å². The van der Waals surface area contributed by atoms with Gasteiger partial charge in [0.05, 0.1) is 6.54 Å². The van der Waals surface area contributed by atoms with Crippen molar-refractivity contribution in [3.05, 3.63) is 53.5 Å². The third-order valence-electron chi connectivity index (χ3n) is 4.55. The molecule has 0 aliphatic carbocycles. The molecule has 2 aromatic rings. The molecule has 1 aromatic carbocycles. The highest BCUT2D eigenvalue weighted by molar-refractivity contribution is 5.47. The summed E-state index contributed by atoms with van der Waals surface area (Å²) in [5.41, 5.74) is 2.74. The molecule has 1 aliphatic rings. The predicted octanol–water partition coefficient (Wildman–Crippen LogP) is 4.21. The normalized spacial score (nSPS) is 16.8. The number of hydrogen-bond acceptors (Lipinski definition) is 3. The minimum absolute atomic E-state index is 0.0857. The van der Waals surface area contributed by atoms with Gasteiger partial charge in [-0.15, -0.1) is 0 Å². The average molecular weight is 312 g/mol. The molecule has 23 heavy (non-hydrogen) atoms. The van der Waals surface area contributed by atoms with Gasteiger partial charge in [-0.3, -0.25) is 4.90 Å². The Balaban J connectivity index is 1.55. The third kappa shape index (κ3) is 3.97. The number of benzene rings is 1. The van der Waals surface area contributed by atoms with Crippen LogP contribution in [0.5, 0.6) is 0 Å². The fraction of sp³-hybridized carbons (Fsp3) is 0.500. The molecule has 0 saturated carbocycles. The molecule has 0 unspecified atom stereocenters. The highest BCUT2D eigenvalue weighted by Gasteiger charge is 2.21. The van der Waals surface area contributed by atoms with Crippen molar-refractivity contribution in [3.8, 4) is 0 Å². The summed E-state index contributed by atoms with van der Waals surface area (Å²) in [5, 5.41) is 0. The second-order valence-electron chi connectivity index (χ2n) is 7.61. The first-order valence-electron chi connectivity index (χ1n) is 8.55. The standard InChI is InChI=1S/C20H28N2O/c1-16-5-7-17(8-6-16)22-13-11-21(12-14-22)15-18-9-10-19(23-18)20(2,3)4/h5-10H,11-15H2,1-4H3. The zero-order chi connectivity index (χ0) is 16.4. The number of rotatable bonds is 3. The smallest absolute Gasteiger partial charge is 0.118 e. The Morgan fingerprint density at radius 3 is 2.13 bits per heavy atom. The first-order chi connectivity index (χ1) is 10.9. The molecule has 0 radical (unpaired) electrons. The van der Waals surface area contributed by atoms with Crippen LogP contribution in [-0.4, -0.2) is 31.1 Å². The van der Waals surface area contributed by atoms with Crippen molar-refractivity contribution < 1.29 is 4.42 Å². The van der Waals surface area contributed by atoms with E-state index >= 15 is 0 Å². The molecule has 1 fully saturated rings. The largest absolute Gasteiger partial charge is 0.464 e. The highest BCUT2D eigenvalue weighted by atomic mass is 16.3. The Morgan fingerprint density at radius 2 is 1.57 bits per heavy atom. The van der Waals surface area contributed by atoms with Crippen LogP contribution in [0.3, 0.4) is 0 Å². The molecule has 3 heteroatoms. The molecule has 1 aromatic heterocycles. The van der Waals surface area contributed by atoms with E-state index in [4.69, 9.17) is 4.42 Å². The highest BCUT2D eigenvalue weighted by Crippen LogP contribution is 2.25. The van der Waals surface area contributed by atoms with E-state index in [0.29, 0.717) is 0 Å². The number of furan rings is 1. The molecule has 0 spiro atoms. The Morgan fingerprint density at radius 1 is 0.913 bits per heavy atom. The maximum absolute atomic E-state index is 6.02. The van der Waals surface area contributed by atoms with Crippen molar-refractivity contribution in [3.63, 3.8) is 0 Å². The summed E-state index contributed by atoms with van der Waals surface area (Å²) in [6.45, 7) is 13.9. The minimum Gasteiger partial charge on any atom is -0.464 e. The van der Waals surface area contributed by atoms with E-state index in [2.05, 4.69) is 73.9 Å². The summed E-state index contributed by atoms with van der Waals surface area (Å²) in [4.78, 5) is 4.95. The van der Waals surface area contributed by atoms with Crippen molar-refractivity contribution in [1.82, 2.24) is 4.90 Å². The van der Waals surface area contributed by atoms with Gasteiger partial charge in [-0.1, -0.05) is 38.5 Å². The number of hydrogen-bond donors (Lipinski definition) is 0. The Kier molecular flexibility index (Phi) is 4.49. The van der Waals surface area contributed by atoms with Crippen molar-refractivity contribution in [1.29, 1.82) is 0 Å². The third-order valence-corrected chi connectivity index (χ3v) is 4.55. The van der Waals surface area contributed by atoms with E-state index in [1.54, 1.807) is 0 Å². The van der Waals surface area contributed by atoms with Gasteiger partial charge in [-0.2, -0.15) is 0 Å². The summed E-state index contributed by atoms with van der Waals surface area (Å²) in [6.07, 6.45) is 0. The zero-order valence-electron chi connectivity index (χ0n) is 14.8. The summed E-state index contributed by atoms with van der Waals surface area (Å²) in [6, 6.07) is 13.1. The molecular weight excluding hydrogens is 284 g/mol. The maximum atomic E-state index is 6.02. The first kappa shape index (κ1) is 16.1. The van der Waals surface area contributed by atoms with Gasteiger partial charge in [-0.05, 0) is 31.2 Å². The number of aryl methyl sites for hydroxylation is 1. The van der Waals surface area contributed by atoms with Crippen LogP contribution < -0.4 is 4.90 Å². The molecule has 3 rings (SSSR count). The van der Waals surface area contributed by atoms with E-state index in [-0.39, 0.29) is 5.41 Å². The topological polar surface area (TPSA) is 19.6 Å². The lowest BCUT2D eigenvalue weighted by atomic mass is 9.94. The Labute approximate surface area is 139 Å². The number of anilines is 1. The van der Waals surface area contributed by atoms with Gasteiger partial charge < -0.3 is 9.32 Å². The Hall–Kier alpha value is -1.74. The SMILES string of the molecule is Cc1ccc(N2CCN(Cc3ccc(C(C)(C)C)o3)CC2)cc1. The zero-order valence-corrected chi connectivity index (χ0v) is 14.8. The molecule has 1 saturated heterocycles. The van der Waals surface area contributed by atoms with E-state index in [1.165, 1.54) is 11.3 Å². The van der Waals surface area contributed by atoms with Gasteiger partial charge in [0.15, 0.2) is 0 Å². The van der Waals surface area contributed by atoms with Crippen LogP contribution in [0.15, 0.2) is 40.8 Å². The molecule has 0 N–H and O–H groups in total. The van der Waals surface area contributed by atoms with E-state index < -0.39 is 0 Å². The van der Waals surface area contributed by atoms with Crippen LogP contribution in [0.2, 0.25) is 0 Å². The van der Waals surface area contributed by atoms with Crippen molar-refractivity contribution in [2.75, 3.05) is 31.1 Å². The molecular formula is C20H28N2O. The maximum Gasteiger partial charge on any atom is 0.118 e. The summed E-state index contributed by atoms with van der Waals surface area (Å²) in [5.74, 6) is 2.16. The Bertz CT molecular complexity index is 628. The molecule has 0 bridgehead atoms. The summed E-state index contributed by atoms with van der Waals surface area (Å²) < 4.78 is 6.02. The number of piperazine rings is 1. The van der Waals surface area contributed by atoms with Crippen LogP contribution in [0.25, 0.3) is 0 Å². The molecule has 1 aliphatic heterocycles. The van der Waals surface area contributed by atoms with Crippen molar-refractivity contribution >= 4 is 5.69 Å². The van der Waals surface area contributed by atoms with Gasteiger partial charge in [0.2, 0.25) is 0 Å². The lowest BCUT2D eigenvalue weighted by Gasteiger charge is -2.35. The first-order valence-corrected chi connectivity index (χ1v) is 8.55.